The SMILES string of the molecule is CCCCCCCCCCCCCCCC(=O)OC1C(C)OC(OC2C(C)OC(OC3C(C)OC4OC5C(OC(CCCCC)CCCCCCCCCC(=O)OC4C3O)OC(C)C(O)C5O)C(OC(=O)CCCCCCCCCCCCCCC)C2OC2OC(CO)C(O)C(O)C2O)C(O)C1O. The number of aliphatic hydroxyl groups excluding tert-OH is 9. The molecule has 0 amide bonds. The molecule has 0 radical (unpaired) electrons. The minimum atomic E-state index is -2.02. The summed E-state index contributed by atoms with van der Waals surface area (Å²) in [5.74, 6) is -2.05. The number of carbonyl (C=O) groups excluding carboxylic acids is 3. The number of fused-ring (bicyclic) bond motifs is 2. The summed E-state index contributed by atoms with van der Waals surface area (Å²) < 4.78 is 83.1. The van der Waals surface area contributed by atoms with Gasteiger partial charge in [0.2, 0.25) is 0 Å². The molecule has 0 aromatic heterocycles. The molecule has 6 rings (SSSR count). The molecule has 26 unspecified atom stereocenters. The molecule has 26 atom stereocenters. The molecule has 0 aromatic rings. The molecule has 0 aliphatic carbocycles. The van der Waals surface area contributed by atoms with Crippen molar-refractivity contribution in [3.05, 3.63) is 0 Å². The Morgan fingerprint density at radius 1 is 0.369 bits per heavy atom. The van der Waals surface area contributed by atoms with Gasteiger partial charge in [0, 0.05) is 19.3 Å². The highest BCUT2D eigenvalue weighted by molar-refractivity contribution is 5.70. The van der Waals surface area contributed by atoms with Crippen molar-refractivity contribution in [2.75, 3.05) is 6.61 Å². The molecule has 0 aromatic carbocycles. The van der Waals surface area contributed by atoms with Crippen LogP contribution in [0.5, 0.6) is 0 Å². The van der Waals surface area contributed by atoms with Crippen molar-refractivity contribution in [1.82, 2.24) is 0 Å². The molecule has 25 heteroatoms. The average Bonchev–Trinajstić information content (AvgIpc) is 0.768. The number of esters is 3. The van der Waals surface area contributed by atoms with Gasteiger partial charge in [-0.15, -0.1) is 0 Å². The van der Waals surface area contributed by atoms with Gasteiger partial charge in [-0.3, -0.25) is 14.4 Å². The standard InChI is InChI=1S/C78H140O25/c1-8-11-14-16-18-20-22-24-26-28-32-36-41-46-56(80)97-67-51(5)92-74(65(89)63(67)87)101-69-53(7)94-78(73(72(69)103-75-64(88)61(85)60(84)55(49-79)96-75)99-58(82)48-43-37-33-29-27-25-23-21-19-17-15-12-9-2)100-68-52(6)93-77-71(66(68)90)98-57(81)47-42-38-34-30-31-35-40-45-54(44-39-13-10-3)95-76-70(102-77)62(86)59(83)50(4)91-76/h50-55,59-79,83-90H,8-49H2,1-7H3. The fourth-order valence-electron chi connectivity index (χ4n) is 15.1. The van der Waals surface area contributed by atoms with Gasteiger partial charge in [-0.1, -0.05) is 233 Å². The third-order valence-corrected chi connectivity index (χ3v) is 21.7. The maximum Gasteiger partial charge on any atom is 0.306 e. The molecule has 25 nitrogen and oxygen atoms in total. The van der Waals surface area contributed by atoms with E-state index in [0.717, 1.165) is 109 Å². The van der Waals surface area contributed by atoms with Crippen LogP contribution in [0, 0.1) is 0 Å². The first kappa shape index (κ1) is 89.5. The minimum Gasteiger partial charge on any atom is -0.457 e. The highest BCUT2D eigenvalue weighted by Gasteiger charge is 2.59. The summed E-state index contributed by atoms with van der Waals surface area (Å²) >= 11 is 0. The van der Waals surface area contributed by atoms with Crippen LogP contribution < -0.4 is 0 Å². The van der Waals surface area contributed by atoms with Crippen LogP contribution in [0.1, 0.15) is 312 Å². The van der Waals surface area contributed by atoms with Gasteiger partial charge in [-0.25, -0.2) is 0 Å². The molecule has 0 bridgehead atoms. The van der Waals surface area contributed by atoms with E-state index in [0.29, 0.717) is 38.5 Å². The fourth-order valence-corrected chi connectivity index (χ4v) is 15.1. The van der Waals surface area contributed by atoms with Gasteiger partial charge >= 0.3 is 17.9 Å². The lowest BCUT2D eigenvalue weighted by molar-refractivity contribution is -0.400. The molecule has 9 N–H and O–H groups in total. The van der Waals surface area contributed by atoms with Gasteiger partial charge in [0.05, 0.1) is 37.1 Å². The molecule has 103 heavy (non-hydrogen) atoms. The Hall–Kier alpha value is -2.35. The Morgan fingerprint density at radius 3 is 1.35 bits per heavy atom. The smallest absolute Gasteiger partial charge is 0.306 e. The van der Waals surface area contributed by atoms with E-state index in [4.69, 9.17) is 61.6 Å². The first-order chi connectivity index (χ1) is 49.7. The third-order valence-electron chi connectivity index (χ3n) is 21.7. The Balaban J connectivity index is 1.26. The molecule has 0 saturated carbocycles. The van der Waals surface area contributed by atoms with E-state index in [1.165, 1.54) is 117 Å². The molecule has 6 fully saturated rings. The fraction of sp³-hybridized carbons (Fsp3) is 0.962. The highest BCUT2D eigenvalue weighted by atomic mass is 16.8. The number of rotatable bonds is 41. The number of carbonyl (C=O) groups is 3. The van der Waals surface area contributed by atoms with Crippen molar-refractivity contribution in [2.24, 2.45) is 0 Å². The van der Waals surface area contributed by atoms with Crippen LogP contribution in [0.4, 0.5) is 0 Å². The van der Waals surface area contributed by atoms with E-state index in [-0.39, 0.29) is 25.4 Å². The third kappa shape index (κ3) is 29.8. The van der Waals surface area contributed by atoms with E-state index in [1.54, 1.807) is 6.92 Å². The zero-order chi connectivity index (χ0) is 74.6. The highest BCUT2D eigenvalue weighted by Crippen LogP contribution is 2.40. The number of hydrogen-bond acceptors (Lipinski definition) is 25. The van der Waals surface area contributed by atoms with Crippen LogP contribution in [0.15, 0.2) is 0 Å². The minimum absolute atomic E-state index is 0.0347. The predicted molar refractivity (Wildman–Crippen MR) is 381 cm³/mol. The van der Waals surface area contributed by atoms with Crippen molar-refractivity contribution in [3.8, 4) is 0 Å². The molecule has 602 valence electrons. The lowest BCUT2D eigenvalue weighted by atomic mass is 9.95. The van der Waals surface area contributed by atoms with Crippen molar-refractivity contribution in [2.45, 2.75) is 471 Å². The molecular weight excluding hydrogens is 1340 g/mol. The van der Waals surface area contributed by atoms with Gasteiger partial charge in [-0.05, 0) is 59.8 Å². The zero-order valence-electron chi connectivity index (χ0n) is 63.8. The molecule has 6 aliphatic heterocycles. The van der Waals surface area contributed by atoms with Crippen molar-refractivity contribution in [3.63, 3.8) is 0 Å². The van der Waals surface area contributed by atoms with Crippen LogP contribution in [0.25, 0.3) is 0 Å². The van der Waals surface area contributed by atoms with Crippen LogP contribution in [0.2, 0.25) is 0 Å². The Labute approximate surface area is 615 Å². The molecular formula is C78H140O25. The van der Waals surface area contributed by atoms with E-state index < -0.39 is 178 Å². The largest absolute Gasteiger partial charge is 0.457 e. The molecule has 6 saturated heterocycles. The van der Waals surface area contributed by atoms with Crippen LogP contribution >= 0.6 is 0 Å². The monoisotopic (exact) mass is 1480 g/mol. The first-order valence-electron chi connectivity index (χ1n) is 40.9. The summed E-state index contributed by atoms with van der Waals surface area (Å²) in [6.07, 6.45) is -1.39. The Morgan fingerprint density at radius 2 is 0.796 bits per heavy atom. The normalized spacial score (nSPS) is 36.7. The van der Waals surface area contributed by atoms with Crippen molar-refractivity contribution >= 4 is 17.9 Å². The van der Waals surface area contributed by atoms with Crippen LogP contribution in [-0.4, -0.2) is 230 Å². The first-order valence-corrected chi connectivity index (χ1v) is 40.9. The quantitative estimate of drug-likeness (QED) is 0.0156. The predicted octanol–water partition coefficient (Wildman–Crippen LogP) is 10.3. The van der Waals surface area contributed by atoms with E-state index in [1.807, 2.05) is 0 Å². The number of hydrogen-bond donors (Lipinski definition) is 9. The van der Waals surface area contributed by atoms with Crippen molar-refractivity contribution in [1.29, 1.82) is 0 Å². The second-order valence-corrected chi connectivity index (χ2v) is 30.5. The summed E-state index contributed by atoms with van der Waals surface area (Å²) in [5.41, 5.74) is 0. The summed E-state index contributed by atoms with van der Waals surface area (Å²) in [6.45, 7) is 11.9. The number of unbranched alkanes of at least 4 members (excludes halogenated alkanes) is 26. The van der Waals surface area contributed by atoms with Gasteiger partial charge in [0.15, 0.2) is 49.8 Å². The lowest BCUT2D eigenvalue weighted by Crippen LogP contribution is -2.68. The lowest BCUT2D eigenvalue weighted by Gasteiger charge is -2.51. The van der Waals surface area contributed by atoms with Crippen LogP contribution in [0.3, 0.4) is 0 Å². The van der Waals surface area contributed by atoms with Gasteiger partial charge < -0.3 is 108 Å². The maximum absolute atomic E-state index is 14.5. The number of ether oxygens (including phenoxy) is 13. The number of aliphatic hydroxyl groups is 9. The van der Waals surface area contributed by atoms with E-state index in [2.05, 4.69) is 20.8 Å². The summed E-state index contributed by atoms with van der Waals surface area (Å²) in [4.78, 5) is 41.9. The zero-order valence-corrected chi connectivity index (χ0v) is 63.8. The van der Waals surface area contributed by atoms with Gasteiger partial charge in [0.1, 0.15) is 79.4 Å². The van der Waals surface area contributed by atoms with Crippen molar-refractivity contribution < 1.29 is 122 Å². The second-order valence-electron chi connectivity index (χ2n) is 30.5. The Bertz CT molecular complexity index is 2250. The summed E-state index contributed by atoms with van der Waals surface area (Å²) in [6, 6.07) is 0. The second kappa shape index (κ2) is 49.7. The molecule has 0 spiro atoms. The Kier molecular flexibility index (Phi) is 43.2. The van der Waals surface area contributed by atoms with E-state index in [9.17, 15) is 60.3 Å². The molecule has 6 aliphatic rings. The molecule has 6 heterocycles. The van der Waals surface area contributed by atoms with Gasteiger partial charge in [-0.2, -0.15) is 0 Å². The maximum atomic E-state index is 14.5. The van der Waals surface area contributed by atoms with E-state index >= 15 is 0 Å². The van der Waals surface area contributed by atoms with Crippen LogP contribution in [-0.2, 0) is 76.0 Å². The summed E-state index contributed by atoms with van der Waals surface area (Å²) in [5, 5.41) is 104. The summed E-state index contributed by atoms with van der Waals surface area (Å²) in [7, 11) is 0. The topological polar surface area (TPSA) is 353 Å². The average molecular weight is 1480 g/mol. The van der Waals surface area contributed by atoms with Gasteiger partial charge in [0.25, 0.3) is 0 Å².